The minimum Gasteiger partial charge on any atom is -0.495 e. The number of benzene rings is 2. The minimum absolute atomic E-state index is 0.000281. The van der Waals surface area contributed by atoms with Crippen molar-refractivity contribution < 1.29 is 9.53 Å². The molecule has 5 aromatic rings. The summed E-state index contributed by atoms with van der Waals surface area (Å²) in [4.78, 5) is 36.8. The van der Waals surface area contributed by atoms with E-state index in [2.05, 4.69) is 17.9 Å². The van der Waals surface area contributed by atoms with Crippen LogP contribution in [0.15, 0.2) is 64.8 Å². The number of fused-ring (bicyclic) bond motifs is 1. The number of anilines is 1. The van der Waals surface area contributed by atoms with Gasteiger partial charge in [-0.1, -0.05) is 37.3 Å². The van der Waals surface area contributed by atoms with Gasteiger partial charge >= 0.3 is 0 Å². The quantitative estimate of drug-likeness (QED) is 0.277. The van der Waals surface area contributed by atoms with Crippen LogP contribution in [-0.2, 0) is 17.6 Å². The van der Waals surface area contributed by atoms with Gasteiger partial charge in [-0.3, -0.25) is 14.0 Å². The number of carbonyl (C=O) groups excluding carboxylic acids is 1. The summed E-state index contributed by atoms with van der Waals surface area (Å²) in [6, 6.07) is 18.0. The Balaban J connectivity index is 1.26. The zero-order chi connectivity index (χ0) is 29.4. The summed E-state index contributed by atoms with van der Waals surface area (Å²) in [7, 11) is 1.67. The highest BCUT2D eigenvalue weighted by atomic mass is 32.1. The van der Waals surface area contributed by atoms with Gasteiger partial charge in [-0.05, 0) is 50.1 Å². The van der Waals surface area contributed by atoms with Crippen molar-refractivity contribution in [1.82, 2.24) is 24.1 Å². The third-order valence-corrected chi connectivity index (χ3v) is 8.83. The maximum atomic E-state index is 14.0. The van der Waals surface area contributed by atoms with Crippen molar-refractivity contribution in [2.75, 3.05) is 38.2 Å². The van der Waals surface area contributed by atoms with Gasteiger partial charge in [0.05, 0.1) is 36.2 Å². The summed E-state index contributed by atoms with van der Waals surface area (Å²) >= 11 is 1.38. The summed E-state index contributed by atoms with van der Waals surface area (Å²) in [5, 5.41) is 6.73. The fraction of sp³-hybridized carbons (Fsp3) is 0.312. The number of piperazine rings is 1. The van der Waals surface area contributed by atoms with Crippen LogP contribution in [0.3, 0.4) is 0 Å². The molecule has 0 saturated carbocycles. The molecule has 0 atom stereocenters. The molecule has 1 aliphatic rings. The van der Waals surface area contributed by atoms with Gasteiger partial charge in [0.25, 0.3) is 5.56 Å². The first-order valence-corrected chi connectivity index (χ1v) is 15.1. The Kier molecular flexibility index (Phi) is 7.55. The van der Waals surface area contributed by atoms with Crippen LogP contribution < -0.4 is 15.2 Å². The second-order valence-corrected chi connectivity index (χ2v) is 11.3. The van der Waals surface area contributed by atoms with Gasteiger partial charge in [-0.25, -0.2) is 9.67 Å². The molecule has 0 spiro atoms. The Morgan fingerprint density at radius 2 is 1.71 bits per heavy atom. The largest absolute Gasteiger partial charge is 0.495 e. The Bertz CT molecular complexity index is 1830. The van der Waals surface area contributed by atoms with Crippen LogP contribution >= 0.6 is 11.3 Å². The van der Waals surface area contributed by atoms with Gasteiger partial charge < -0.3 is 14.5 Å². The fourth-order valence-corrected chi connectivity index (χ4v) is 6.66. The van der Waals surface area contributed by atoms with Crippen molar-refractivity contribution in [2.45, 2.75) is 33.6 Å². The first kappa shape index (κ1) is 27.7. The van der Waals surface area contributed by atoms with Gasteiger partial charge in [0.2, 0.25) is 5.91 Å². The molecule has 1 amide bonds. The molecule has 0 aliphatic carbocycles. The van der Waals surface area contributed by atoms with Crippen molar-refractivity contribution in [2.24, 2.45) is 0 Å². The number of hydrogen-bond donors (Lipinski definition) is 0. The average molecular weight is 583 g/mol. The summed E-state index contributed by atoms with van der Waals surface area (Å²) < 4.78 is 9.00. The topological polar surface area (TPSA) is 85.0 Å². The van der Waals surface area contributed by atoms with Crippen LogP contribution in [0.25, 0.3) is 21.9 Å². The van der Waals surface area contributed by atoms with E-state index >= 15 is 0 Å². The molecule has 4 heterocycles. The van der Waals surface area contributed by atoms with Crippen LogP contribution in [0.4, 0.5) is 5.69 Å². The molecule has 1 fully saturated rings. The van der Waals surface area contributed by atoms with E-state index < -0.39 is 0 Å². The predicted octanol–water partition coefficient (Wildman–Crippen LogP) is 4.69. The SMILES string of the molecule is CCc1ccccc1-n1nc(-c2c(C)nc3scc(CC(=O)N4CCN(c5ccccc5OC)CC4)n3c2=O)cc1C. The predicted molar refractivity (Wildman–Crippen MR) is 166 cm³/mol. The maximum Gasteiger partial charge on any atom is 0.268 e. The van der Waals surface area contributed by atoms with Gasteiger partial charge in [0.15, 0.2) is 4.96 Å². The van der Waals surface area contributed by atoms with Gasteiger partial charge in [0.1, 0.15) is 11.4 Å². The molecule has 216 valence electrons. The van der Waals surface area contributed by atoms with E-state index in [0.717, 1.165) is 29.2 Å². The second-order valence-electron chi connectivity index (χ2n) is 10.5. The van der Waals surface area contributed by atoms with Gasteiger partial charge in [-0.15, -0.1) is 11.3 Å². The van der Waals surface area contributed by atoms with Crippen LogP contribution in [0.5, 0.6) is 5.75 Å². The summed E-state index contributed by atoms with van der Waals surface area (Å²) in [6.45, 7) is 8.58. The summed E-state index contributed by atoms with van der Waals surface area (Å²) in [5.41, 5.74) is 6.27. The van der Waals surface area contributed by atoms with E-state index in [-0.39, 0.29) is 17.9 Å². The lowest BCUT2D eigenvalue weighted by molar-refractivity contribution is -0.130. The van der Waals surface area contributed by atoms with E-state index in [0.29, 0.717) is 53.8 Å². The Hall–Kier alpha value is -4.44. The molecule has 10 heteroatoms. The Labute approximate surface area is 248 Å². The van der Waals surface area contributed by atoms with Crippen molar-refractivity contribution in [3.05, 3.63) is 93.0 Å². The van der Waals surface area contributed by atoms with E-state index in [9.17, 15) is 9.59 Å². The zero-order valence-corrected chi connectivity index (χ0v) is 25.1. The number of nitrogens with zero attached hydrogens (tertiary/aromatic N) is 6. The number of amides is 1. The van der Waals surface area contributed by atoms with Gasteiger partial charge in [-0.2, -0.15) is 5.10 Å². The van der Waals surface area contributed by atoms with Crippen LogP contribution in [-0.4, -0.2) is 63.3 Å². The number of hydrogen-bond acceptors (Lipinski definition) is 7. The highest BCUT2D eigenvalue weighted by Crippen LogP contribution is 2.29. The Morgan fingerprint density at radius 3 is 2.45 bits per heavy atom. The smallest absolute Gasteiger partial charge is 0.268 e. The van der Waals surface area contributed by atoms with Crippen molar-refractivity contribution in [3.8, 4) is 22.7 Å². The summed E-state index contributed by atoms with van der Waals surface area (Å²) in [5.74, 6) is 0.828. The molecule has 0 N–H and O–H groups in total. The van der Waals surface area contributed by atoms with E-state index in [1.54, 1.807) is 11.5 Å². The van der Waals surface area contributed by atoms with Crippen LogP contribution in [0, 0.1) is 13.8 Å². The number of thiazole rings is 1. The van der Waals surface area contributed by atoms with Crippen LogP contribution in [0.2, 0.25) is 0 Å². The molecule has 2 aromatic carbocycles. The van der Waals surface area contributed by atoms with E-state index in [1.165, 1.54) is 16.9 Å². The number of methoxy groups -OCH3 is 1. The summed E-state index contributed by atoms with van der Waals surface area (Å²) in [6.07, 6.45) is 1.01. The lowest BCUT2D eigenvalue weighted by atomic mass is 10.1. The number of rotatable bonds is 7. The minimum atomic E-state index is -0.198. The molecule has 0 radical (unpaired) electrons. The lowest BCUT2D eigenvalue weighted by Gasteiger charge is -2.36. The monoisotopic (exact) mass is 582 g/mol. The maximum absolute atomic E-state index is 14.0. The molecule has 9 nitrogen and oxygen atoms in total. The molecule has 0 unspecified atom stereocenters. The second kappa shape index (κ2) is 11.4. The zero-order valence-electron chi connectivity index (χ0n) is 24.3. The molecule has 1 aliphatic heterocycles. The third kappa shape index (κ3) is 4.96. The first-order valence-electron chi connectivity index (χ1n) is 14.2. The number of aromatic nitrogens is 4. The molecule has 1 saturated heterocycles. The molecule has 42 heavy (non-hydrogen) atoms. The number of para-hydroxylation sites is 3. The average Bonchev–Trinajstić information content (AvgIpc) is 3.59. The van der Waals surface area contributed by atoms with Crippen molar-refractivity contribution in [1.29, 1.82) is 0 Å². The van der Waals surface area contributed by atoms with Crippen molar-refractivity contribution >= 4 is 27.9 Å². The van der Waals surface area contributed by atoms with Gasteiger partial charge in [0, 0.05) is 42.9 Å². The highest BCUT2D eigenvalue weighted by molar-refractivity contribution is 7.15. The van der Waals surface area contributed by atoms with E-state index in [1.807, 2.05) is 77.3 Å². The normalized spacial score (nSPS) is 13.6. The van der Waals surface area contributed by atoms with Crippen LogP contribution in [0.1, 0.15) is 29.6 Å². The third-order valence-electron chi connectivity index (χ3n) is 7.96. The fourth-order valence-electron chi connectivity index (χ4n) is 5.74. The molecular formula is C32H34N6O3S. The number of aryl methyl sites for hydroxylation is 3. The molecule has 6 rings (SSSR count). The molecular weight excluding hydrogens is 548 g/mol. The van der Waals surface area contributed by atoms with E-state index in [4.69, 9.17) is 14.8 Å². The number of ether oxygens (including phenoxy) is 1. The highest BCUT2D eigenvalue weighted by Gasteiger charge is 2.25. The molecule has 0 bridgehead atoms. The first-order chi connectivity index (χ1) is 20.4. The molecule has 3 aromatic heterocycles. The number of carbonyl (C=O) groups is 1. The van der Waals surface area contributed by atoms with Crippen molar-refractivity contribution in [3.63, 3.8) is 0 Å². The lowest BCUT2D eigenvalue weighted by Crippen LogP contribution is -2.49. The standard InChI is InChI=1S/C32H34N6O3S/c1-5-23-10-6-7-11-26(23)38-21(2)18-25(34-38)30-22(3)33-32-37(31(30)40)24(20-42-32)19-29(39)36-16-14-35(15-17-36)27-12-8-9-13-28(27)41-4/h6-13,18,20H,5,14-17,19H2,1-4H3. The Morgan fingerprint density at radius 1 is 1.00 bits per heavy atom.